The van der Waals surface area contributed by atoms with Crippen LogP contribution in [0.25, 0.3) is 0 Å². The monoisotopic (exact) mass is 367 g/mol. The van der Waals surface area contributed by atoms with Crippen LogP contribution in [0.5, 0.6) is 0 Å². The SMILES string of the molecule is Cc1ccc(NC(=O)[C@@H]2CCC[C@@H]2CN)cc1S(=O)(=O)NC(C)(C)C. The molecular formula is C18H29N3O3S. The van der Waals surface area contributed by atoms with Crippen molar-refractivity contribution in [1.82, 2.24) is 4.72 Å². The third-order valence-electron chi connectivity index (χ3n) is 4.48. The Labute approximate surface area is 150 Å². The quantitative estimate of drug-likeness (QED) is 0.744. The zero-order chi connectivity index (χ0) is 18.8. The number of hydrogen-bond donors (Lipinski definition) is 3. The summed E-state index contributed by atoms with van der Waals surface area (Å²) >= 11 is 0. The van der Waals surface area contributed by atoms with Gasteiger partial charge in [-0.1, -0.05) is 12.5 Å². The Morgan fingerprint density at radius 1 is 1.28 bits per heavy atom. The van der Waals surface area contributed by atoms with Crippen LogP contribution in [0.2, 0.25) is 0 Å². The number of nitrogens with one attached hydrogen (secondary N) is 2. The molecule has 1 aromatic rings. The fourth-order valence-corrected chi connectivity index (χ4v) is 5.01. The molecule has 1 saturated carbocycles. The van der Waals surface area contributed by atoms with Gasteiger partial charge in [0.25, 0.3) is 0 Å². The van der Waals surface area contributed by atoms with E-state index >= 15 is 0 Å². The lowest BCUT2D eigenvalue weighted by Crippen LogP contribution is -2.40. The van der Waals surface area contributed by atoms with Crippen molar-refractivity contribution in [3.8, 4) is 0 Å². The average molecular weight is 368 g/mol. The van der Waals surface area contributed by atoms with Gasteiger partial charge in [0.15, 0.2) is 0 Å². The van der Waals surface area contributed by atoms with Gasteiger partial charge in [0.2, 0.25) is 15.9 Å². The van der Waals surface area contributed by atoms with Crippen molar-refractivity contribution in [2.45, 2.75) is 57.4 Å². The van der Waals surface area contributed by atoms with Crippen LogP contribution in [0.15, 0.2) is 23.1 Å². The summed E-state index contributed by atoms with van der Waals surface area (Å²) in [5.74, 6) is 0.0270. The number of aryl methyl sites for hydroxylation is 1. The van der Waals surface area contributed by atoms with Gasteiger partial charge in [-0.25, -0.2) is 13.1 Å². The lowest BCUT2D eigenvalue weighted by molar-refractivity contribution is -0.120. The summed E-state index contributed by atoms with van der Waals surface area (Å²) in [4.78, 5) is 12.7. The lowest BCUT2D eigenvalue weighted by Gasteiger charge is -2.22. The molecule has 1 aliphatic carbocycles. The number of carbonyl (C=O) groups is 1. The Bertz CT molecular complexity index is 738. The summed E-state index contributed by atoms with van der Waals surface area (Å²) in [7, 11) is -3.66. The maximum atomic E-state index is 12.6. The van der Waals surface area contributed by atoms with Crippen molar-refractivity contribution in [2.24, 2.45) is 17.6 Å². The van der Waals surface area contributed by atoms with Gasteiger partial charge in [0, 0.05) is 17.1 Å². The highest BCUT2D eigenvalue weighted by molar-refractivity contribution is 7.89. The summed E-state index contributed by atoms with van der Waals surface area (Å²) in [5, 5.41) is 2.86. The molecule has 1 fully saturated rings. The number of rotatable bonds is 5. The predicted molar refractivity (Wildman–Crippen MR) is 99.8 cm³/mol. The molecule has 4 N–H and O–H groups in total. The van der Waals surface area contributed by atoms with E-state index in [9.17, 15) is 13.2 Å². The summed E-state index contributed by atoms with van der Waals surface area (Å²) in [5.41, 5.74) is 6.29. The van der Waals surface area contributed by atoms with E-state index in [1.54, 1.807) is 39.8 Å². The first-order valence-corrected chi connectivity index (χ1v) is 10.2. The van der Waals surface area contributed by atoms with Crippen LogP contribution in [0, 0.1) is 18.8 Å². The van der Waals surface area contributed by atoms with Gasteiger partial charge in [-0.3, -0.25) is 4.79 Å². The molecule has 0 spiro atoms. The largest absolute Gasteiger partial charge is 0.330 e. The Kier molecular flexibility index (Phi) is 5.91. The van der Waals surface area contributed by atoms with Crippen molar-refractivity contribution in [2.75, 3.05) is 11.9 Å². The number of hydrogen-bond acceptors (Lipinski definition) is 4. The van der Waals surface area contributed by atoms with E-state index < -0.39 is 15.6 Å². The van der Waals surface area contributed by atoms with E-state index in [0.717, 1.165) is 19.3 Å². The fourth-order valence-electron chi connectivity index (χ4n) is 3.32. The molecule has 6 nitrogen and oxygen atoms in total. The second-order valence-corrected chi connectivity index (χ2v) is 9.51. The molecule has 1 aliphatic rings. The molecule has 0 heterocycles. The second kappa shape index (κ2) is 7.43. The molecule has 1 amide bonds. The number of amides is 1. The number of nitrogens with two attached hydrogens (primary N) is 1. The van der Waals surface area contributed by atoms with Crippen molar-refractivity contribution in [1.29, 1.82) is 0 Å². The minimum absolute atomic E-state index is 0.0797. The van der Waals surface area contributed by atoms with Crippen LogP contribution in [-0.2, 0) is 14.8 Å². The Balaban J connectivity index is 2.23. The van der Waals surface area contributed by atoms with Crippen molar-refractivity contribution in [3.05, 3.63) is 23.8 Å². The van der Waals surface area contributed by atoms with Crippen LogP contribution >= 0.6 is 0 Å². The normalized spacial score (nSPS) is 21.3. The molecule has 25 heavy (non-hydrogen) atoms. The standard InChI is InChI=1S/C18H29N3O3S/c1-12-8-9-14(10-16(12)25(23,24)21-18(2,3)4)20-17(22)15-7-5-6-13(15)11-19/h8-10,13,15,21H,5-7,11,19H2,1-4H3,(H,20,22)/t13-,15-/m1/s1. The van der Waals surface area contributed by atoms with Gasteiger partial charge in [0.1, 0.15) is 0 Å². The van der Waals surface area contributed by atoms with E-state index in [2.05, 4.69) is 10.0 Å². The summed E-state index contributed by atoms with van der Waals surface area (Å²) in [6.07, 6.45) is 2.80. The molecular weight excluding hydrogens is 338 g/mol. The topological polar surface area (TPSA) is 101 Å². The molecule has 0 aliphatic heterocycles. The molecule has 0 aromatic heterocycles. The number of carbonyl (C=O) groups excluding carboxylic acids is 1. The Morgan fingerprint density at radius 2 is 1.96 bits per heavy atom. The molecule has 0 unspecified atom stereocenters. The number of sulfonamides is 1. The third-order valence-corrected chi connectivity index (χ3v) is 6.38. The van der Waals surface area contributed by atoms with Gasteiger partial charge in [0.05, 0.1) is 4.90 Å². The zero-order valence-corrected chi connectivity index (χ0v) is 16.2. The number of benzene rings is 1. The summed E-state index contributed by atoms with van der Waals surface area (Å²) < 4.78 is 27.9. The van der Waals surface area contributed by atoms with Gasteiger partial charge in [-0.2, -0.15) is 0 Å². The first-order valence-electron chi connectivity index (χ1n) is 8.69. The third kappa shape index (κ3) is 5.03. The van der Waals surface area contributed by atoms with Crippen LogP contribution in [0.3, 0.4) is 0 Å². The van der Waals surface area contributed by atoms with E-state index in [1.165, 1.54) is 6.07 Å². The van der Waals surface area contributed by atoms with Crippen LogP contribution in [0.4, 0.5) is 5.69 Å². The average Bonchev–Trinajstić information content (AvgIpc) is 2.95. The van der Waals surface area contributed by atoms with E-state index in [0.29, 0.717) is 17.8 Å². The lowest BCUT2D eigenvalue weighted by atomic mass is 9.95. The molecule has 7 heteroatoms. The van der Waals surface area contributed by atoms with E-state index in [4.69, 9.17) is 5.73 Å². The first-order chi connectivity index (χ1) is 11.5. The molecule has 1 aromatic carbocycles. The fraction of sp³-hybridized carbons (Fsp3) is 0.611. The van der Waals surface area contributed by atoms with Crippen molar-refractivity contribution >= 4 is 21.6 Å². The highest BCUT2D eigenvalue weighted by Gasteiger charge is 2.32. The van der Waals surface area contributed by atoms with Crippen LogP contribution < -0.4 is 15.8 Å². The zero-order valence-electron chi connectivity index (χ0n) is 15.4. The van der Waals surface area contributed by atoms with Gasteiger partial charge in [-0.05, 0) is 70.7 Å². The number of anilines is 1. The summed E-state index contributed by atoms with van der Waals surface area (Å²) in [6, 6.07) is 4.96. The van der Waals surface area contributed by atoms with Gasteiger partial charge < -0.3 is 11.1 Å². The first kappa shape index (κ1) is 19.9. The highest BCUT2D eigenvalue weighted by atomic mass is 32.2. The molecule has 2 atom stereocenters. The molecule has 0 saturated heterocycles. The maximum absolute atomic E-state index is 12.6. The minimum atomic E-state index is -3.66. The van der Waals surface area contributed by atoms with Gasteiger partial charge in [-0.15, -0.1) is 0 Å². The van der Waals surface area contributed by atoms with Gasteiger partial charge >= 0.3 is 0 Å². The second-order valence-electron chi connectivity index (χ2n) is 7.86. The molecule has 140 valence electrons. The van der Waals surface area contributed by atoms with Crippen LogP contribution in [0.1, 0.15) is 45.6 Å². The van der Waals surface area contributed by atoms with Crippen molar-refractivity contribution < 1.29 is 13.2 Å². The molecule has 0 radical (unpaired) electrons. The van der Waals surface area contributed by atoms with Crippen LogP contribution in [-0.4, -0.2) is 26.4 Å². The highest BCUT2D eigenvalue weighted by Crippen LogP contribution is 2.32. The minimum Gasteiger partial charge on any atom is -0.330 e. The van der Waals surface area contributed by atoms with Crippen molar-refractivity contribution in [3.63, 3.8) is 0 Å². The van der Waals surface area contributed by atoms with E-state index in [-0.39, 0.29) is 22.6 Å². The maximum Gasteiger partial charge on any atom is 0.241 e. The Morgan fingerprint density at radius 3 is 2.56 bits per heavy atom. The molecule has 2 rings (SSSR count). The van der Waals surface area contributed by atoms with E-state index in [1.807, 2.05) is 0 Å². The predicted octanol–water partition coefficient (Wildman–Crippen LogP) is 2.39. The smallest absolute Gasteiger partial charge is 0.241 e. The molecule has 0 bridgehead atoms. The Hall–Kier alpha value is -1.44. The summed E-state index contributed by atoms with van der Waals surface area (Å²) in [6.45, 7) is 7.61.